The highest BCUT2D eigenvalue weighted by Gasteiger charge is 2.65. The molecule has 0 aromatic heterocycles. The lowest BCUT2D eigenvalue weighted by Crippen LogP contribution is -2.69. The van der Waals surface area contributed by atoms with Crippen molar-refractivity contribution < 1.29 is 4.74 Å². The smallest absolute Gasteiger partial charge is 0.191 e. The minimum absolute atomic E-state index is 0.408. The summed E-state index contributed by atoms with van der Waals surface area (Å²) in [5.41, 5.74) is 0.408. The minimum atomic E-state index is 0.408. The zero-order valence-electron chi connectivity index (χ0n) is 13.9. The molecule has 0 aromatic carbocycles. The van der Waals surface area contributed by atoms with Gasteiger partial charge in [-0.15, -0.1) is 0 Å². The van der Waals surface area contributed by atoms with Gasteiger partial charge in [0.25, 0.3) is 0 Å². The van der Waals surface area contributed by atoms with Crippen LogP contribution in [0.4, 0.5) is 0 Å². The molecule has 124 valence electrons. The average molecular weight is 305 g/mol. The number of nitrogens with one attached hydrogen (secondary N) is 2. The molecule has 4 fully saturated rings. The molecule has 4 rings (SSSR count). The first-order chi connectivity index (χ1) is 10.8. The second kappa shape index (κ2) is 6.03. The van der Waals surface area contributed by atoms with Gasteiger partial charge in [-0.3, -0.25) is 4.99 Å². The van der Waals surface area contributed by atoms with E-state index in [9.17, 15) is 0 Å². The number of ether oxygens (including phenoxy) is 1. The molecule has 1 heterocycles. The highest BCUT2D eigenvalue weighted by molar-refractivity contribution is 5.80. The molecule has 3 saturated carbocycles. The molecule has 3 unspecified atom stereocenters. The Morgan fingerprint density at radius 3 is 2.50 bits per heavy atom. The Morgan fingerprint density at radius 1 is 1.00 bits per heavy atom. The van der Waals surface area contributed by atoms with Crippen LogP contribution in [0.5, 0.6) is 0 Å². The highest BCUT2D eigenvalue weighted by atomic mass is 16.5. The van der Waals surface area contributed by atoms with E-state index in [4.69, 9.17) is 4.74 Å². The number of nitrogens with zero attached hydrogens (tertiary/aromatic N) is 1. The van der Waals surface area contributed by atoms with Crippen molar-refractivity contribution in [1.29, 1.82) is 0 Å². The van der Waals surface area contributed by atoms with E-state index in [-0.39, 0.29) is 0 Å². The predicted molar refractivity (Wildman–Crippen MR) is 89.0 cm³/mol. The van der Waals surface area contributed by atoms with E-state index in [1.54, 1.807) is 0 Å². The molecule has 4 nitrogen and oxygen atoms in total. The van der Waals surface area contributed by atoms with Gasteiger partial charge in [-0.1, -0.05) is 32.1 Å². The number of hydrogen-bond acceptors (Lipinski definition) is 2. The first kappa shape index (κ1) is 14.8. The lowest BCUT2D eigenvalue weighted by molar-refractivity contribution is -0.125. The molecule has 4 heteroatoms. The number of fused-ring (bicyclic) bond motifs is 2. The monoisotopic (exact) mass is 305 g/mol. The van der Waals surface area contributed by atoms with Crippen molar-refractivity contribution >= 4 is 5.96 Å². The maximum absolute atomic E-state index is 6.08. The average Bonchev–Trinajstić information content (AvgIpc) is 3.20. The molecule has 3 atom stereocenters. The lowest BCUT2D eigenvalue weighted by Gasteiger charge is -2.57. The molecule has 22 heavy (non-hydrogen) atoms. The van der Waals surface area contributed by atoms with Crippen LogP contribution in [0.2, 0.25) is 0 Å². The van der Waals surface area contributed by atoms with Gasteiger partial charge in [0, 0.05) is 37.1 Å². The van der Waals surface area contributed by atoms with Crippen molar-refractivity contribution in [3.05, 3.63) is 0 Å². The van der Waals surface area contributed by atoms with Gasteiger partial charge in [-0.25, -0.2) is 0 Å². The molecule has 2 N–H and O–H groups in total. The Labute approximate surface area is 134 Å². The van der Waals surface area contributed by atoms with Crippen molar-refractivity contribution in [2.24, 2.45) is 16.3 Å². The van der Waals surface area contributed by atoms with Crippen LogP contribution in [-0.4, -0.2) is 37.8 Å². The SMILES string of the molecule is CN=C(NC1CCCCC1)NC1C2CCOC2C12CCCC2. The molecule has 0 amide bonds. The second-order valence-electron chi connectivity index (χ2n) is 7.86. The molecular weight excluding hydrogens is 274 g/mol. The molecule has 0 aromatic rings. The van der Waals surface area contributed by atoms with E-state index in [0.717, 1.165) is 12.6 Å². The number of hydrogen-bond donors (Lipinski definition) is 2. The fourth-order valence-electron chi connectivity index (χ4n) is 5.66. The van der Waals surface area contributed by atoms with E-state index in [2.05, 4.69) is 15.6 Å². The number of rotatable bonds is 2. The third-order valence-electron chi connectivity index (χ3n) is 6.75. The van der Waals surface area contributed by atoms with Gasteiger partial charge >= 0.3 is 0 Å². The Kier molecular flexibility index (Phi) is 4.05. The third kappa shape index (κ3) is 2.34. The lowest BCUT2D eigenvalue weighted by atomic mass is 9.54. The summed E-state index contributed by atoms with van der Waals surface area (Å²) < 4.78 is 6.08. The second-order valence-corrected chi connectivity index (χ2v) is 7.86. The molecule has 0 bridgehead atoms. The van der Waals surface area contributed by atoms with Crippen LogP contribution in [0.1, 0.15) is 64.2 Å². The fourth-order valence-corrected chi connectivity index (χ4v) is 5.66. The Balaban J connectivity index is 1.42. The third-order valence-corrected chi connectivity index (χ3v) is 6.75. The topological polar surface area (TPSA) is 45.7 Å². The molecule has 0 radical (unpaired) electrons. The van der Waals surface area contributed by atoms with Crippen molar-refractivity contribution in [2.45, 2.75) is 82.4 Å². The zero-order chi connectivity index (χ0) is 15.0. The quantitative estimate of drug-likeness (QED) is 0.609. The van der Waals surface area contributed by atoms with E-state index in [0.29, 0.717) is 29.5 Å². The van der Waals surface area contributed by atoms with Crippen LogP contribution in [0, 0.1) is 11.3 Å². The van der Waals surface area contributed by atoms with Gasteiger partial charge < -0.3 is 15.4 Å². The zero-order valence-corrected chi connectivity index (χ0v) is 13.9. The first-order valence-electron chi connectivity index (χ1n) is 9.45. The maximum atomic E-state index is 6.08. The summed E-state index contributed by atoms with van der Waals surface area (Å²) in [6.07, 6.45) is 13.9. The molecule has 4 aliphatic rings. The van der Waals surface area contributed by atoms with Gasteiger partial charge in [0.1, 0.15) is 0 Å². The maximum Gasteiger partial charge on any atom is 0.191 e. The highest BCUT2D eigenvalue weighted by Crippen LogP contribution is 2.60. The molecule has 1 saturated heterocycles. The normalized spacial score (nSPS) is 37.9. The van der Waals surface area contributed by atoms with E-state index >= 15 is 0 Å². The van der Waals surface area contributed by atoms with Gasteiger partial charge in [-0.05, 0) is 32.1 Å². The van der Waals surface area contributed by atoms with E-state index < -0.39 is 0 Å². The summed E-state index contributed by atoms with van der Waals surface area (Å²) in [5.74, 6) is 1.75. The van der Waals surface area contributed by atoms with Gasteiger partial charge in [0.2, 0.25) is 0 Å². The minimum Gasteiger partial charge on any atom is -0.377 e. The summed E-state index contributed by atoms with van der Waals surface area (Å²) in [6.45, 7) is 0.962. The van der Waals surface area contributed by atoms with Crippen LogP contribution in [0.15, 0.2) is 4.99 Å². The van der Waals surface area contributed by atoms with E-state index in [1.807, 2.05) is 7.05 Å². The van der Waals surface area contributed by atoms with Crippen molar-refractivity contribution in [3.8, 4) is 0 Å². The van der Waals surface area contributed by atoms with Crippen LogP contribution in [0.25, 0.3) is 0 Å². The van der Waals surface area contributed by atoms with Crippen LogP contribution >= 0.6 is 0 Å². The Bertz CT molecular complexity index is 424. The summed E-state index contributed by atoms with van der Waals surface area (Å²) >= 11 is 0. The van der Waals surface area contributed by atoms with Crippen molar-refractivity contribution in [2.75, 3.05) is 13.7 Å². The summed E-state index contributed by atoms with van der Waals surface area (Å²) in [7, 11) is 1.92. The molecule has 1 aliphatic heterocycles. The summed E-state index contributed by atoms with van der Waals surface area (Å²) in [6, 6.07) is 1.20. The molecular formula is C18H31N3O. The molecule has 3 aliphatic carbocycles. The van der Waals surface area contributed by atoms with Crippen molar-refractivity contribution in [1.82, 2.24) is 10.6 Å². The first-order valence-corrected chi connectivity index (χ1v) is 9.45. The van der Waals surface area contributed by atoms with Crippen molar-refractivity contribution in [3.63, 3.8) is 0 Å². The number of aliphatic imine (C=N–C) groups is 1. The van der Waals surface area contributed by atoms with Gasteiger partial charge in [0.05, 0.1) is 6.10 Å². The summed E-state index contributed by atoms with van der Waals surface area (Å²) in [4.78, 5) is 4.53. The van der Waals surface area contributed by atoms with Gasteiger partial charge in [-0.2, -0.15) is 0 Å². The fraction of sp³-hybridized carbons (Fsp3) is 0.944. The van der Waals surface area contributed by atoms with Crippen LogP contribution in [0.3, 0.4) is 0 Å². The summed E-state index contributed by atoms with van der Waals surface area (Å²) in [5, 5.41) is 7.50. The molecule has 1 spiro atoms. The number of guanidine groups is 1. The largest absolute Gasteiger partial charge is 0.377 e. The predicted octanol–water partition coefficient (Wildman–Crippen LogP) is 2.83. The Morgan fingerprint density at radius 2 is 1.77 bits per heavy atom. The van der Waals surface area contributed by atoms with Gasteiger partial charge in [0.15, 0.2) is 5.96 Å². The Hall–Kier alpha value is -0.770. The van der Waals surface area contributed by atoms with Crippen LogP contribution < -0.4 is 10.6 Å². The van der Waals surface area contributed by atoms with Crippen LogP contribution in [-0.2, 0) is 4.74 Å². The van der Waals surface area contributed by atoms with E-state index in [1.165, 1.54) is 64.2 Å². The standard InChI is InChI=1S/C18H31N3O/c1-19-17(20-13-7-3-2-4-8-13)21-15-14-9-12-22-16(14)18(15)10-5-6-11-18/h13-16H,2-12H2,1H3,(H2,19,20,21).